The highest BCUT2D eigenvalue weighted by Crippen LogP contribution is 2.10. The molecule has 2 aromatic rings. The van der Waals surface area contributed by atoms with E-state index in [1.807, 2.05) is 24.3 Å². The summed E-state index contributed by atoms with van der Waals surface area (Å²) >= 11 is 0. The summed E-state index contributed by atoms with van der Waals surface area (Å²) in [5.41, 5.74) is 1.72. The smallest absolute Gasteiger partial charge is 0.287 e. The molecule has 0 radical (unpaired) electrons. The molecular formula is C13H16N4O. The third-order valence-electron chi connectivity index (χ3n) is 3.24. The fraction of sp³-hybridized carbons (Fsp3) is 0.385. The lowest BCUT2D eigenvalue weighted by molar-refractivity contribution is 0.0921. The average Bonchev–Trinajstić information content (AvgIpc) is 2.84. The van der Waals surface area contributed by atoms with E-state index in [1.54, 1.807) is 0 Å². The number of piperidine rings is 1. The monoisotopic (exact) mass is 244 g/mol. The maximum absolute atomic E-state index is 12.0. The molecule has 1 aromatic carbocycles. The van der Waals surface area contributed by atoms with Gasteiger partial charge in [-0.25, -0.2) is 4.98 Å². The number of nitrogens with one attached hydrogen (secondary N) is 3. The summed E-state index contributed by atoms with van der Waals surface area (Å²) < 4.78 is 0. The SMILES string of the molecule is O=C(NC1CCCNC1)c1nc2ccccc2[nH]1. The lowest BCUT2D eigenvalue weighted by Crippen LogP contribution is -2.45. The number of aromatic amines is 1. The maximum atomic E-state index is 12.0. The van der Waals surface area contributed by atoms with Crippen LogP contribution in [0.3, 0.4) is 0 Å². The van der Waals surface area contributed by atoms with Crippen LogP contribution in [0.1, 0.15) is 23.5 Å². The first kappa shape index (κ1) is 11.2. The summed E-state index contributed by atoms with van der Waals surface area (Å²) in [5, 5.41) is 6.27. The van der Waals surface area contributed by atoms with Crippen LogP contribution in [0.25, 0.3) is 11.0 Å². The summed E-state index contributed by atoms with van der Waals surface area (Å²) in [5.74, 6) is 0.265. The van der Waals surface area contributed by atoms with Gasteiger partial charge in [0.2, 0.25) is 0 Å². The molecule has 3 rings (SSSR count). The van der Waals surface area contributed by atoms with E-state index in [4.69, 9.17) is 0 Å². The predicted octanol–water partition coefficient (Wildman–Crippen LogP) is 1.04. The van der Waals surface area contributed by atoms with Crippen LogP contribution in [-0.2, 0) is 0 Å². The molecule has 1 aliphatic rings. The predicted molar refractivity (Wildman–Crippen MR) is 69.5 cm³/mol. The Labute approximate surface area is 105 Å². The van der Waals surface area contributed by atoms with Crippen molar-refractivity contribution in [2.45, 2.75) is 18.9 Å². The molecule has 1 unspecified atom stereocenters. The largest absolute Gasteiger partial charge is 0.345 e. The van der Waals surface area contributed by atoms with Gasteiger partial charge in [-0.15, -0.1) is 0 Å². The molecule has 3 N–H and O–H groups in total. The Kier molecular flexibility index (Phi) is 2.98. The Morgan fingerprint density at radius 1 is 1.39 bits per heavy atom. The number of imidazole rings is 1. The molecule has 0 spiro atoms. The van der Waals surface area contributed by atoms with Crippen LogP contribution in [0.2, 0.25) is 0 Å². The van der Waals surface area contributed by atoms with E-state index >= 15 is 0 Å². The summed E-state index contributed by atoms with van der Waals surface area (Å²) in [4.78, 5) is 19.4. The number of H-pyrrole nitrogens is 1. The minimum absolute atomic E-state index is 0.125. The van der Waals surface area contributed by atoms with Crippen LogP contribution in [0.4, 0.5) is 0 Å². The number of amides is 1. The number of carbonyl (C=O) groups excluding carboxylic acids is 1. The zero-order valence-electron chi connectivity index (χ0n) is 10.1. The molecule has 1 atom stereocenters. The van der Waals surface area contributed by atoms with Crippen LogP contribution >= 0.6 is 0 Å². The second-order valence-corrected chi connectivity index (χ2v) is 4.62. The van der Waals surface area contributed by atoms with E-state index in [0.29, 0.717) is 5.82 Å². The molecule has 1 aliphatic heterocycles. The quantitative estimate of drug-likeness (QED) is 0.739. The van der Waals surface area contributed by atoms with E-state index in [-0.39, 0.29) is 11.9 Å². The summed E-state index contributed by atoms with van der Waals surface area (Å²) in [6.07, 6.45) is 2.13. The zero-order valence-corrected chi connectivity index (χ0v) is 10.1. The number of rotatable bonds is 2. The molecule has 94 valence electrons. The molecule has 1 fully saturated rings. The summed E-state index contributed by atoms with van der Waals surface area (Å²) in [7, 11) is 0. The molecular weight excluding hydrogens is 228 g/mol. The van der Waals surface area contributed by atoms with Crippen molar-refractivity contribution in [1.29, 1.82) is 0 Å². The molecule has 1 amide bonds. The van der Waals surface area contributed by atoms with Gasteiger partial charge < -0.3 is 15.6 Å². The Balaban J connectivity index is 1.74. The molecule has 1 aromatic heterocycles. The van der Waals surface area contributed by atoms with Gasteiger partial charge in [-0.3, -0.25) is 4.79 Å². The molecule has 5 heteroatoms. The highest BCUT2D eigenvalue weighted by atomic mass is 16.2. The van der Waals surface area contributed by atoms with E-state index < -0.39 is 0 Å². The highest BCUT2D eigenvalue weighted by Gasteiger charge is 2.18. The van der Waals surface area contributed by atoms with E-state index in [2.05, 4.69) is 20.6 Å². The minimum atomic E-state index is -0.125. The topological polar surface area (TPSA) is 69.8 Å². The Morgan fingerprint density at radius 2 is 2.28 bits per heavy atom. The van der Waals surface area contributed by atoms with Gasteiger partial charge in [0.1, 0.15) is 0 Å². The van der Waals surface area contributed by atoms with Gasteiger partial charge in [0, 0.05) is 12.6 Å². The lowest BCUT2D eigenvalue weighted by Gasteiger charge is -2.23. The van der Waals surface area contributed by atoms with Gasteiger partial charge in [0.05, 0.1) is 11.0 Å². The molecule has 18 heavy (non-hydrogen) atoms. The first-order valence-corrected chi connectivity index (χ1v) is 6.29. The highest BCUT2D eigenvalue weighted by molar-refractivity contribution is 5.94. The van der Waals surface area contributed by atoms with E-state index in [1.165, 1.54) is 0 Å². The maximum Gasteiger partial charge on any atom is 0.287 e. The van der Waals surface area contributed by atoms with Crippen molar-refractivity contribution in [3.63, 3.8) is 0 Å². The van der Waals surface area contributed by atoms with Crippen LogP contribution in [0.15, 0.2) is 24.3 Å². The van der Waals surface area contributed by atoms with Crippen molar-refractivity contribution in [2.75, 3.05) is 13.1 Å². The van der Waals surface area contributed by atoms with Crippen LogP contribution in [0, 0.1) is 0 Å². The number of fused-ring (bicyclic) bond motifs is 1. The Morgan fingerprint density at radius 3 is 3.06 bits per heavy atom. The van der Waals surface area contributed by atoms with Crippen molar-refractivity contribution in [3.8, 4) is 0 Å². The first-order valence-electron chi connectivity index (χ1n) is 6.29. The van der Waals surface area contributed by atoms with Crippen molar-refractivity contribution < 1.29 is 4.79 Å². The number of hydrogen-bond donors (Lipinski definition) is 3. The number of para-hydroxylation sites is 2. The van der Waals surface area contributed by atoms with E-state index in [0.717, 1.165) is 37.0 Å². The Bertz CT molecular complexity index is 524. The standard InChI is InChI=1S/C13H16N4O/c18-13(15-9-4-3-7-14-8-9)12-16-10-5-1-2-6-11(10)17-12/h1-2,5-6,9,14H,3-4,7-8H2,(H,15,18)(H,16,17). The molecule has 0 bridgehead atoms. The summed E-state index contributed by atoms with van der Waals surface area (Å²) in [6, 6.07) is 7.86. The minimum Gasteiger partial charge on any atom is -0.345 e. The normalized spacial score (nSPS) is 19.9. The van der Waals surface area contributed by atoms with Gasteiger partial charge in [0.25, 0.3) is 5.91 Å². The third kappa shape index (κ3) is 2.22. The first-order chi connectivity index (χ1) is 8.83. The van der Waals surface area contributed by atoms with Gasteiger partial charge in [-0.1, -0.05) is 12.1 Å². The van der Waals surface area contributed by atoms with E-state index in [9.17, 15) is 4.79 Å². The molecule has 2 heterocycles. The fourth-order valence-electron chi connectivity index (χ4n) is 2.29. The van der Waals surface area contributed by atoms with Gasteiger partial charge in [0.15, 0.2) is 5.82 Å². The Hall–Kier alpha value is -1.88. The second kappa shape index (κ2) is 4.78. The van der Waals surface area contributed by atoms with Crippen molar-refractivity contribution >= 4 is 16.9 Å². The summed E-state index contributed by atoms with van der Waals surface area (Å²) in [6.45, 7) is 1.88. The third-order valence-corrected chi connectivity index (χ3v) is 3.24. The molecule has 5 nitrogen and oxygen atoms in total. The van der Waals surface area contributed by atoms with Gasteiger partial charge in [-0.05, 0) is 31.5 Å². The molecule has 0 saturated carbocycles. The van der Waals surface area contributed by atoms with Crippen molar-refractivity contribution in [1.82, 2.24) is 20.6 Å². The lowest BCUT2D eigenvalue weighted by atomic mass is 10.1. The second-order valence-electron chi connectivity index (χ2n) is 4.62. The number of nitrogens with zero attached hydrogens (tertiary/aromatic N) is 1. The molecule has 0 aliphatic carbocycles. The van der Waals surface area contributed by atoms with Gasteiger partial charge >= 0.3 is 0 Å². The molecule has 1 saturated heterocycles. The number of aromatic nitrogens is 2. The zero-order chi connectivity index (χ0) is 12.4. The van der Waals surface area contributed by atoms with Crippen LogP contribution in [0.5, 0.6) is 0 Å². The average molecular weight is 244 g/mol. The van der Waals surface area contributed by atoms with Crippen LogP contribution < -0.4 is 10.6 Å². The number of hydrogen-bond acceptors (Lipinski definition) is 3. The van der Waals surface area contributed by atoms with Crippen LogP contribution in [-0.4, -0.2) is 35.0 Å². The van der Waals surface area contributed by atoms with Gasteiger partial charge in [-0.2, -0.15) is 0 Å². The number of carbonyl (C=O) groups is 1. The van der Waals surface area contributed by atoms with Crippen molar-refractivity contribution in [2.24, 2.45) is 0 Å². The van der Waals surface area contributed by atoms with Crippen molar-refractivity contribution in [3.05, 3.63) is 30.1 Å². The number of benzene rings is 1. The fourth-order valence-corrected chi connectivity index (χ4v) is 2.29.